The molecule has 0 aliphatic rings. The van der Waals surface area contributed by atoms with Gasteiger partial charge in [0.1, 0.15) is 5.84 Å². The van der Waals surface area contributed by atoms with Gasteiger partial charge in [0.15, 0.2) is 0 Å². The van der Waals surface area contributed by atoms with E-state index in [1.54, 1.807) is 0 Å². The van der Waals surface area contributed by atoms with Crippen molar-refractivity contribution in [3.8, 4) is 0 Å². The first-order chi connectivity index (χ1) is 9.06. The fourth-order valence-corrected chi connectivity index (χ4v) is 1.93. The van der Waals surface area contributed by atoms with Crippen molar-refractivity contribution in [2.24, 2.45) is 5.73 Å². The summed E-state index contributed by atoms with van der Waals surface area (Å²) in [4.78, 5) is 6.58. The minimum atomic E-state index is 0.0870. The molecule has 0 saturated heterocycles. The molecule has 0 aliphatic carbocycles. The summed E-state index contributed by atoms with van der Waals surface area (Å²) in [6.07, 6.45) is 0. The summed E-state index contributed by atoms with van der Waals surface area (Å²) < 4.78 is 0. The van der Waals surface area contributed by atoms with Crippen LogP contribution in [0.3, 0.4) is 0 Å². The van der Waals surface area contributed by atoms with Crippen LogP contribution in [0.25, 0.3) is 0 Å². The van der Waals surface area contributed by atoms with E-state index < -0.39 is 0 Å². The number of benzene rings is 1. The molecule has 3 N–H and O–H groups in total. The lowest BCUT2D eigenvalue weighted by Crippen LogP contribution is -2.18. The molecule has 98 valence electrons. The molecule has 1 aromatic heterocycles. The number of amidine groups is 1. The third kappa shape index (κ3) is 3.31. The third-order valence-corrected chi connectivity index (χ3v) is 2.94. The number of rotatable bonds is 4. The molecule has 0 saturated carbocycles. The van der Waals surface area contributed by atoms with Crippen molar-refractivity contribution in [3.05, 3.63) is 59.4 Å². The number of nitrogens with two attached hydrogens (primary N) is 1. The average molecular weight is 254 g/mol. The van der Waals surface area contributed by atoms with Crippen molar-refractivity contribution in [1.29, 1.82) is 5.41 Å². The third-order valence-electron chi connectivity index (χ3n) is 2.94. The molecule has 0 atom stereocenters. The first-order valence-corrected chi connectivity index (χ1v) is 6.14. The molecule has 0 fully saturated rings. The molecule has 2 rings (SSSR count). The van der Waals surface area contributed by atoms with Crippen LogP contribution in [-0.2, 0) is 6.54 Å². The Morgan fingerprint density at radius 3 is 2.68 bits per heavy atom. The predicted molar refractivity (Wildman–Crippen MR) is 78.5 cm³/mol. The van der Waals surface area contributed by atoms with Crippen LogP contribution < -0.4 is 10.6 Å². The monoisotopic (exact) mass is 254 g/mol. The Kier molecular flexibility index (Phi) is 3.80. The van der Waals surface area contributed by atoms with Gasteiger partial charge in [-0.25, -0.2) is 0 Å². The van der Waals surface area contributed by atoms with Crippen LogP contribution in [0.4, 0.5) is 5.69 Å². The number of aryl methyl sites for hydroxylation is 1. The minimum Gasteiger partial charge on any atom is -0.384 e. The zero-order valence-electron chi connectivity index (χ0n) is 11.2. The Morgan fingerprint density at radius 2 is 2.00 bits per heavy atom. The molecule has 0 bridgehead atoms. The van der Waals surface area contributed by atoms with Crippen molar-refractivity contribution < 1.29 is 0 Å². The fraction of sp³-hybridized carbons (Fsp3) is 0.200. The normalized spacial score (nSPS) is 10.2. The minimum absolute atomic E-state index is 0.0870. The molecule has 0 unspecified atom stereocenters. The number of hydrogen-bond donors (Lipinski definition) is 2. The summed E-state index contributed by atoms with van der Waals surface area (Å²) in [7, 11) is 2.00. The highest BCUT2D eigenvalue weighted by Crippen LogP contribution is 2.16. The van der Waals surface area contributed by atoms with Crippen LogP contribution in [0.15, 0.2) is 42.5 Å². The fourth-order valence-electron chi connectivity index (χ4n) is 1.93. The van der Waals surface area contributed by atoms with Gasteiger partial charge in [-0.3, -0.25) is 10.4 Å². The Morgan fingerprint density at radius 1 is 1.26 bits per heavy atom. The summed E-state index contributed by atoms with van der Waals surface area (Å²) in [5, 5.41) is 7.47. The van der Waals surface area contributed by atoms with E-state index in [4.69, 9.17) is 11.1 Å². The van der Waals surface area contributed by atoms with E-state index in [0.717, 1.165) is 29.2 Å². The maximum atomic E-state index is 7.47. The second kappa shape index (κ2) is 5.52. The molecule has 0 radical (unpaired) electrons. The number of pyridine rings is 1. The standard InChI is InChI=1S/C15H18N4/c1-11-5-3-7-13(18-11)10-19(2)14-8-4-6-12(9-14)15(16)17/h3-9H,10H2,1-2H3,(H3,16,17). The lowest BCUT2D eigenvalue weighted by Gasteiger charge is -2.19. The second-order valence-corrected chi connectivity index (χ2v) is 4.59. The maximum absolute atomic E-state index is 7.47. The number of hydrogen-bond acceptors (Lipinski definition) is 3. The SMILES string of the molecule is Cc1cccc(CN(C)c2cccc(C(=N)N)c2)n1. The van der Waals surface area contributed by atoms with Gasteiger partial charge in [-0.15, -0.1) is 0 Å². The van der Waals surface area contributed by atoms with E-state index in [9.17, 15) is 0 Å². The summed E-state index contributed by atoms with van der Waals surface area (Å²) >= 11 is 0. The van der Waals surface area contributed by atoms with Gasteiger partial charge in [0.05, 0.1) is 12.2 Å². The van der Waals surface area contributed by atoms with E-state index in [1.165, 1.54) is 0 Å². The van der Waals surface area contributed by atoms with Crippen LogP contribution in [0, 0.1) is 12.3 Å². The summed E-state index contributed by atoms with van der Waals surface area (Å²) in [6.45, 7) is 2.71. The summed E-state index contributed by atoms with van der Waals surface area (Å²) in [5.74, 6) is 0.0870. The van der Waals surface area contributed by atoms with Crippen LogP contribution in [0.1, 0.15) is 17.0 Å². The quantitative estimate of drug-likeness (QED) is 0.650. The molecule has 0 amide bonds. The van der Waals surface area contributed by atoms with Gasteiger partial charge in [0.2, 0.25) is 0 Å². The van der Waals surface area contributed by atoms with Gasteiger partial charge in [0, 0.05) is 24.0 Å². The number of nitrogen functional groups attached to an aromatic ring is 1. The van der Waals surface area contributed by atoms with E-state index in [-0.39, 0.29) is 5.84 Å². The summed E-state index contributed by atoms with van der Waals surface area (Å²) in [6, 6.07) is 13.7. The Balaban J connectivity index is 2.18. The Hall–Kier alpha value is -2.36. The molecule has 0 aliphatic heterocycles. The van der Waals surface area contributed by atoms with Crippen molar-refractivity contribution in [3.63, 3.8) is 0 Å². The molecular formula is C15H18N4. The number of nitrogens with one attached hydrogen (secondary N) is 1. The van der Waals surface area contributed by atoms with Crippen molar-refractivity contribution in [2.45, 2.75) is 13.5 Å². The van der Waals surface area contributed by atoms with Crippen molar-refractivity contribution in [1.82, 2.24) is 4.98 Å². The maximum Gasteiger partial charge on any atom is 0.122 e. The molecule has 2 aromatic rings. The van der Waals surface area contributed by atoms with Gasteiger partial charge < -0.3 is 10.6 Å². The zero-order chi connectivity index (χ0) is 13.8. The molecule has 19 heavy (non-hydrogen) atoms. The largest absolute Gasteiger partial charge is 0.384 e. The Labute approximate surface area is 113 Å². The number of aromatic nitrogens is 1. The van der Waals surface area contributed by atoms with Gasteiger partial charge in [0.25, 0.3) is 0 Å². The van der Waals surface area contributed by atoms with Gasteiger partial charge >= 0.3 is 0 Å². The number of nitrogens with zero attached hydrogens (tertiary/aromatic N) is 2. The number of anilines is 1. The lowest BCUT2D eigenvalue weighted by atomic mass is 10.1. The smallest absolute Gasteiger partial charge is 0.122 e. The second-order valence-electron chi connectivity index (χ2n) is 4.59. The van der Waals surface area contributed by atoms with Gasteiger partial charge in [-0.1, -0.05) is 18.2 Å². The average Bonchev–Trinajstić information content (AvgIpc) is 2.39. The zero-order valence-corrected chi connectivity index (χ0v) is 11.2. The Bertz CT molecular complexity index is 592. The van der Waals surface area contributed by atoms with E-state index in [2.05, 4.69) is 9.88 Å². The van der Waals surface area contributed by atoms with Crippen LogP contribution in [-0.4, -0.2) is 17.9 Å². The topological polar surface area (TPSA) is 66.0 Å². The highest BCUT2D eigenvalue weighted by Gasteiger charge is 2.05. The van der Waals surface area contributed by atoms with E-state index in [0.29, 0.717) is 0 Å². The van der Waals surface area contributed by atoms with E-state index in [1.807, 2.05) is 56.4 Å². The molecule has 4 heteroatoms. The molecule has 4 nitrogen and oxygen atoms in total. The van der Waals surface area contributed by atoms with Crippen LogP contribution >= 0.6 is 0 Å². The molecular weight excluding hydrogens is 236 g/mol. The molecule has 1 heterocycles. The highest BCUT2D eigenvalue weighted by molar-refractivity contribution is 5.95. The van der Waals surface area contributed by atoms with Crippen molar-refractivity contribution in [2.75, 3.05) is 11.9 Å². The first-order valence-electron chi connectivity index (χ1n) is 6.14. The summed E-state index contributed by atoms with van der Waals surface area (Å²) in [5.41, 5.74) is 9.31. The first kappa shape index (κ1) is 13.1. The van der Waals surface area contributed by atoms with Crippen molar-refractivity contribution >= 4 is 11.5 Å². The predicted octanol–water partition coefficient (Wildman–Crippen LogP) is 2.31. The van der Waals surface area contributed by atoms with Crippen LogP contribution in [0.5, 0.6) is 0 Å². The van der Waals surface area contributed by atoms with Gasteiger partial charge in [-0.2, -0.15) is 0 Å². The van der Waals surface area contributed by atoms with E-state index >= 15 is 0 Å². The molecule has 0 spiro atoms. The lowest BCUT2D eigenvalue weighted by molar-refractivity contribution is 0.877. The van der Waals surface area contributed by atoms with Crippen LogP contribution in [0.2, 0.25) is 0 Å². The molecule has 1 aromatic carbocycles. The van der Waals surface area contributed by atoms with Gasteiger partial charge in [-0.05, 0) is 31.2 Å². The highest BCUT2D eigenvalue weighted by atomic mass is 15.1.